The molecule has 2 heterocycles. The molecule has 1 N–H and O–H groups in total. The Kier molecular flexibility index (Phi) is 4.90. The lowest BCUT2D eigenvalue weighted by Gasteiger charge is -2.11. The van der Waals surface area contributed by atoms with Crippen LogP contribution in [0.25, 0.3) is 11.0 Å². The molecular formula is C16H19N3O2S. The van der Waals surface area contributed by atoms with Crippen molar-refractivity contribution in [2.75, 3.05) is 18.9 Å². The maximum Gasteiger partial charge on any atom is 0.230 e. The van der Waals surface area contributed by atoms with E-state index in [1.54, 1.807) is 0 Å². The molecule has 1 atom stereocenters. The first kappa shape index (κ1) is 15.2. The molecule has 1 amide bonds. The van der Waals surface area contributed by atoms with Crippen molar-refractivity contribution in [2.24, 2.45) is 0 Å². The third-order valence-electron chi connectivity index (χ3n) is 3.59. The summed E-state index contributed by atoms with van der Waals surface area (Å²) in [5.41, 5.74) is 2.60. The fraction of sp³-hybridized carbons (Fsp3) is 0.438. The van der Waals surface area contributed by atoms with E-state index in [1.807, 2.05) is 31.2 Å². The number of rotatable bonds is 5. The molecule has 0 bridgehead atoms. The Bertz CT molecular complexity index is 671. The molecule has 2 aromatic rings. The number of benzene rings is 1. The zero-order chi connectivity index (χ0) is 15.4. The first-order valence-corrected chi connectivity index (χ1v) is 8.45. The molecular weight excluding hydrogens is 298 g/mol. The van der Waals surface area contributed by atoms with Crippen LogP contribution in [0, 0.1) is 6.92 Å². The zero-order valence-electron chi connectivity index (χ0n) is 12.5. The van der Waals surface area contributed by atoms with E-state index < -0.39 is 0 Å². The minimum atomic E-state index is 0.00913. The normalized spacial score (nSPS) is 17.8. The second kappa shape index (κ2) is 7.07. The lowest BCUT2D eigenvalue weighted by molar-refractivity contribution is -0.119. The van der Waals surface area contributed by atoms with Gasteiger partial charge in [-0.2, -0.15) is 0 Å². The molecule has 0 spiro atoms. The van der Waals surface area contributed by atoms with Gasteiger partial charge in [-0.25, -0.2) is 9.97 Å². The number of aromatic nitrogens is 2. The summed E-state index contributed by atoms with van der Waals surface area (Å²) in [6, 6.07) is 7.76. The third kappa shape index (κ3) is 3.75. The molecule has 22 heavy (non-hydrogen) atoms. The Morgan fingerprint density at radius 3 is 2.86 bits per heavy atom. The van der Waals surface area contributed by atoms with Crippen LogP contribution in [-0.2, 0) is 9.53 Å². The van der Waals surface area contributed by atoms with Crippen molar-refractivity contribution < 1.29 is 9.53 Å². The van der Waals surface area contributed by atoms with Crippen LogP contribution in [0.3, 0.4) is 0 Å². The number of carbonyl (C=O) groups excluding carboxylic acids is 1. The molecule has 1 aliphatic rings. The van der Waals surface area contributed by atoms with Crippen LogP contribution in [0.2, 0.25) is 0 Å². The Hall–Kier alpha value is -1.66. The summed E-state index contributed by atoms with van der Waals surface area (Å²) in [4.78, 5) is 21.0. The second-order valence-electron chi connectivity index (χ2n) is 5.33. The van der Waals surface area contributed by atoms with Crippen LogP contribution in [-0.4, -0.2) is 40.9 Å². The lowest BCUT2D eigenvalue weighted by atomic mass is 10.2. The Morgan fingerprint density at radius 1 is 1.36 bits per heavy atom. The minimum absolute atomic E-state index is 0.00913. The van der Waals surface area contributed by atoms with E-state index in [1.165, 1.54) is 11.8 Å². The number of fused-ring (bicyclic) bond motifs is 1. The van der Waals surface area contributed by atoms with E-state index in [2.05, 4.69) is 15.3 Å². The number of nitrogens with one attached hydrogen (secondary N) is 1. The summed E-state index contributed by atoms with van der Waals surface area (Å²) in [5, 5.41) is 3.73. The zero-order valence-corrected chi connectivity index (χ0v) is 13.4. The van der Waals surface area contributed by atoms with Crippen molar-refractivity contribution in [3.05, 3.63) is 30.0 Å². The van der Waals surface area contributed by atoms with E-state index in [9.17, 15) is 4.79 Å². The molecule has 6 heteroatoms. The summed E-state index contributed by atoms with van der Waals surface area (Å²) in [6.45, 7) is 3.33. The highest BCUT2D eigenvalue weighted by atomic mass is 32.2. The number of thioether (sulfide) groups is 1. The van der Waals surface area contributed by atoms with Gasteiger partial charge < -0.3 is 10.1 Å². The molecule has 5 nitrogen and oxygen atoms in total. The molecule has 0 unspecified atom stereocenters. The maximum atomic E-state index is 11.9. The van der Waals surface area contributed by atoms with E-state index in [4.69, 9.17) is 4.74 Å². The average molecular weight is 317 g/mol. The smallest absolute Gasteiger partial charge is 0.230 e. The van der Waals surface area contributed by atoms with Crippen LogP contribution >= 0.6 is 11.8 Å². The van der Waals surface area contributed by atoms with Gasteiger partial charge in [-0.1, -0.05) is 23.9 Å². The Labute approximate surface area is 133 Å². The van der Waals surface area contributed by atoms with Gasteiger partial charge in [0.05, 0.1) is 28.6 Å². The number of nitrogens with zero attached hydrogens (tertiary/aromatic N) is 2. The molecule has 0 radical (unpaired) electrons. The molecule has 1 fully saturated rings. The van der Waals surface area contributed by atoms with Gasteiger partial charge in [0.25, 0.3) is 0 Å². The summed E-state index contributed by atoms with van der Waals surface area (Å²) in [7, 11) is 0. The summed E-state index contributed by atoms with van der Waals surface area (Å²) in [6.07, 6.45) is 2.29. The monoisotopic (exact) mass is 317 g/mol. The fourth-order valence-corrected chi connectivity index (χ4v) is 3.21. The van der Waals surface area contributed by atoms with Crippen LogP contribution < -0.4 is 5.32 Å². The largest absolute Gasteiger partial charge is 0.376 e. The van der Waals surface area contributed by atoms with E-state index in [0.29, 0.717) is 12.3 Å². The van der Waals surface area contributed by atoms with Gasteiger partial charge in [0.1, 0.15) is 5.03 Å². The number of hydrogen-bond donors (Lipinski definition) is 1. The number of para-hydroxylation sites is 2. The fourth-order valence-electron chi connectivity index (χ4n) is 2.43. The molecule has 0 saturated carbocycles. The predicted molar refractivity (Wildman–Crippen MR) is 87.0 cm³/mol. The third-order valence-corrected chi connectivity index (χ3v) is 4.66. The van der Waals surface area contributed by atoms with E-state index in [-0.39, 0.29) is 12.0 Å². The quantitative estimate of drug-likeness (QED) is 0.858. The van der Waals surface area contributed by atoms with Crippen LogP contribution in [0.15, 0.2) is 29.3 Å². The van der Waals surface area contributed by atoms with Crippen LogP contribution in [0.5, 0.6) is 0 Å². The second-order valence-corrected chi connectivity index (χ2v) is 6.29. The summed E-state index contributed by atoms with van der Waals surface area (Å²) >= 11 is 1.43. The van der Waals surface area contributed by atoms with Gasteiger partial charge in [-0.15, -0.1) is 0 Å². The molecule has 1 saturated heterocycles. The van der Waals surface area contributed by atoms with Crippen molar-refractivity contribution in [3.8, 4) is 0 Å². The van der Waals surface area contributed by atoms with Crippen LogP contribution in [0.4, 0.5) is 0 Å². The van der Waals surface area contributed by atoms with Crippen molar-refractivity contribution >= 4 is 28.7 Å². The molecule has 1 aromatic heterocycles. The van der Waals surface area contributed by atoms with E-state index >= 15 is 0 Å². The van der Waals surface area contributed by atoms with Gasteiger partial charge in [0.15, 0.2) is 0 Å². The minimum Gasteiger partial charge on any atom is -0.376 e. The van der Waals surface area contributed by atoms with Gasteiger partial charge >= 0.3 is 0 Å². The number of carbonyl (C=O) groups is 1. The first-order valence-electron chi connectivity index (χ1n) is 7.47. The number of ether oxygens (including phenoxy) is 1. The van der Waals surface area contributed by atoms with Crippen molar-refractivity contribution in [3.63, 3.8) is 0 Å². The van der Waals surface area contributed by atoms with Gasteiger partial charge in [-0.3, -0.25) is 4.79 Å². The number of amides is 1. The highest BCUT2D eigenvalue weighted by Gasteiger charge is 2.16. The van der Waals surface area contributed by atoms with Crippen molar-refractivity contribution in [1.29, 1.82) is 0 Å². The van der Waals surface area contributed by atoms with Crippen molar-refractivity contribution in [2.45, 2.75) is 30.9 Å². The van der Waals surface area contributed by atoms with Crippen molar-refractivity contribution in [1.82, 2.24) is 15.3 Å². The maximum absolute atomic E-state index is 11.9. The highest BCUT2D eigenvalue weighted by molar-refractivity contribution is 7.99. The van der Waals surface area contributed by atoms with Gasteiger partial charge in [0, 0.05) is 13.2 Å². The molecule has 116 valence electrons. The highest BCUT2D eigenvalue weighted by Crippen LogP contribution is 2.21. The topological polar surface area (TPSA) is 64.1 Å². The molecule has 3 rings (SSSR count). The molecule has 1 aromatic carbocycles. The Balaban J connectivity index is 1.56. The number of aryl methyl sites for hydroxylation is 1. The lowest BCUT2D eigenvalue weighted by Crippen LogP contribution is -2.32. The molecule has 0 aliphatic carbocycles. The standard InChI is InChI=1S/C16H19N3O2S/c1-11-16(19-14-7-3-2-6-13(14)18-11)22-10-15(20)17-9-12-5-4-8-21-12/h2-3,6-7,12H,4-5,8-10H2,1H3,(H,17,20)/t12-/m1/s1. The van der Waals surface area contributed by atoms with Gasteiger partial charge in [-0.05, 0) is 31.9 Å². The Morgan fingerprint density at radius 2 is 2.14 bits per heavy atom. The van der Waals surface area contributed by atoms with Gasteiger partial charge in [0.2, 0.25) is 5.91 Å². The predicted octanol–water partition coefficient (Wildman–Crippen LogP) is 2.33. The van der Waals surface area contributed by atoms with E-state index in [0.717, 1.165) is 41.2 Å². The number of hydrogen-bond acceptors (Lipinski definition) is 5. The molecule has 1 aliphatic heterocycles. The summed E-state index contributed by atoms with van der Waals surface area (Å²) < 4.78 is 5.49. The first-order chi connectivity index (χ1) is 10.7. The average Bonchev–Trinajstić information content (AvgIpc) is 3.04. The van der Waals surface area contributed by atoms with Crippen LogP contribution in [0.1, 0.15) is 18.5 Å². The SMILES string of the molecule is Cc1nc2ccccc2nc1SCC(=O)NC[C@H]1CCCO1. The summed E-state index contributed by atoms with van der Waals surface area (Å²) in [5.74, 6) is 0.357.